The summed E-state index contributed by atoms with van der Waals surface area (Å²) in [5.74, 6) is 0. The molecule has 0 amide bonds. The molecule has 0 atom stereocenters. The summed E-state index contributed by atoms with van der Waals surface area (Å²) in [6.45, 7) is 3.28. The van der Waals surface area contributed by atoms with E-state index >= 15 is 0 Å². The van der Waals surface area contributed by atoms with Crippen LogP contribution in [0.4, 0.5) is 0 Å². The van der Waals surface area contributed by atoms with Crippen LogP contribution in [0.25, 0.3) is 0 Å². The molecule has 0 radical (unpaired) electrons. The average molecular weight is 195 g/mol. The van der Waals surface area contributed by atoms with Crippen molar-refractivity contribution in [3.63, 3.8) is 0 Å². The van der Waals surface area contributed by atoms with Gasteiger partial charge in [0.2, 0.25) is 0 Å². The van der Waals surface area contributed by atoms with Crippen LogP contribution in [-0.2, 0) is 19.9 Å². The molecule has 1 aromatic rings. The predicted octanol–water partition coefficient (Wildman–Crippen LogP) is 1.52. The van der Waals surface area contributed by atoms with Crippen molar-refractivity contribution in [1.29, 1.82) is 0 Å². The molecule has 1 N–H and O–H groups in total. The minimum Gasteiger partial charge on any atom is -0.320 e. The van der Waals surface area contributed by atoms with E-state index in [2.05, 4.69) is 23.5 Å². The molecule has 0 saturated carbocycles. The summed E-state index contributed by atoms with van der Waals surface area (Å²) >= 11 is 0. The molecule has 1 aromatic heterocycles. The van der Waals surface area contributed by atoms with Gasteiger partial charge in [0, 0.05) is 13.2 Å². The van der Waals surface area contributed by atoms with Gasteiger partial charge in [-0.25, -0.2) is 0 Å². The maximum atomic E-state index is 4.43. The fraction of sp³-hybridized carbons (Fsp3) is 0.727. The fourth-order valence-corrected chi connectivity index (χ4v) is 1.71. The zero-order chi connectivity index (χ0) is 10.4. The number of nitrogens with zero attached hydrogens (tertiary/aromatic N) is 2. The summed E-state index contributed by atoms with van der Waals surface area (Å²) in [4.78, 5) is 0. The van der Waals surface area contributed by atoms with Gasteiger partial charge in [0.1, 0.15) is 0 Å². The molecule has 0 aliphatic rings. The van der Waals surface area contributed by atoms with E-state index in [-0.39, 0.29) is 0 Å². The van der Waals surface area contributed by atoms with E-state index in [1.807, 2.05) is 18.8 Å². The van der Waals surface area contributed by atoms with Gasteiger partial charge < -0.3 is 5.32 Å². The Morgan fingerprint density at radius 1 is 1.43 bits per heavy atom. The zero-order valence-electron chi connectivity index (χ0n) is 9.51. The third kappa shape index (κ3) is 3.14. The van der Waals surface area contributed by atoms with Crippen LogP contribution in [-0.4, -0.2) is 23.4 Å². The van der Waals surface area contributed by atoms with E-state index in [1.54, 1.807) is 0 Å². The van der Waals surface area contributed by atoms with Gasteiger partial charge in [-0.2, -0.15) is 5.10 Å². The molecule has 0 fully saturated rings. The first kappa shape index (κ1) is 11.2. The van der Waals surface area contributed by atoms with Gasteiger partial charge in [-0.05, 0) is 44.8 Å². The van der Waals surface area contributed by atoms with Crippen LogP contribution in [0.3, 0.4) is 0 Å². The SMILES string of the molecule is CCc1nn(C)cc1CCCCNC. The average Bonchev–Trinajstić information content (AvgIpc) is 2.54. The lowest BCUT2D eigenvalue weighted by molar-refractivity contribution is 0.675. The van der Waals surface area contributed by atoms with E-state index < -0.39 is 0 Å². The molecule has 0 aromatic carbocycles. The molecule has 1 heterocycles. The second kappa shape index (κ2) is 5.81. The highest BCUT2D eigenvalue weighted by Crippen LogP contribution is 2.10. The van der Waals surface area contributed by atoms with Crippen molar-refractivity contribution < 1.29 is 0 Å². The van der Waals surface area contributed by atoms with Crippen LogP contribution in [0.1, 0.15) is 31.0 Å². The van der Waals surface area contributed by atoms with Crippen LogP contribution < -0.4 is 5.32 Å². The highest BCUT2D eigenvalue weighted by atomic mass is 15.2. The number of hydrogen-bond donors (Lipinski definition) is 1. The Labute approximate surface area is 86.5 Å². The van der Waals surface area contributed by atoms with Crippen molar-refractivity contribution in [3.05, 3.63) is 17.5 Å². The van der Waals surface area contributed by atoms with E-state index in [0.717, 1.165) is 13.0 Å². The van der Waals surface area contributed by atoms with Crippen molar-refractivity contribution in [2.24, 2.45) is 7.05 Å². The molecule has 0 aliphatic carbocycles. The quantitative estimate of drug-likeness (QED) is 0.698. The molecule has 0 bridgehead atoms. The minimum absolute atomic E-state index is 1.04. The van der Waals surface area contributed by atoms with Gasteiger partial charge in [0.05, 0.1) is 5.69 Å². The summed E-state index contributed by atoms with van der Waals surface area (Å²) < 4.78 is 1.92. The van der Waals surface area contributed by atoms with Crippen molar-refractivity contribution in [1.82, 2.24) is 15.1 Å². The molecule has 1 rings (SSSR count). The lowest BCUT2D eigenvalue weighted by atomic mass is 10.1. The van der Waals surface area contributed by atoms with E-state index in [4.69, 9.17) is 0 Å². The Morgan fingerprint density at radius 2 is 2.21 bits per heavy atom. The number of rotatable bonds is 6. The summed E-state index contributed by atoms with van der Waals surface area (Å²) in [6.07, 6.45) is 6.85. The normalized spacial score (nSPS) is 10.8. The van der Waals surface area contributed by atoms with Crippen LogP contribution in [0.15, 0.2) is 6.20 Å². The maximum Gasteiger partial charge on any atom is 0.0653 e. The molecule has 80 valence electrons. The molecule has 3 nitrogen and oxygen atoms in total. The first-order valence-corrected chi connectivity index (χ1v) is 5.44. The Bertz CT molecular complexity index is 265. The summed E-state index contributed by atoms with van der Waals surface area (Å²) in [5.41, 5.74) is 2.68. The van der Waals surface area contributed by atoms with Crippen LogP contribution >= 0.6 is 0 Å². The van der Waals surface area contributed by atoms with E-state index in [9.17, 15) is 0 Å². The number of aryl methyl sites for hydroxylation is 3. The number of unbranched alkanes of at least 4 members (excludes halogenated alkanes) is 1. The third-order valence-corrected chi connectivity index (χ3v) is 2.45. The molecule has 3 heteroatoms. The number of nitrogens with one attached hydrogen (secondary N) is 1. The molecule has 0 saturated heterocycles. The van der Waals surface area contributed by atoms with Gasteiger partial charge in [-0.3, -0.25) is 4.68 Å². The van der Waals surface area contributed by atoms with Gasteiger partial charge in [-0.1, -0.05) is 6.92 Å². The van der Waals surface area contributed by atoms with E-state index in [0.29, 0.717) is 0 Å². The second-order valence-electron chi connectivity index (χ2n) is 3.69. The predicted molar refractivity (Wildman–Crippen MR) is 59.5 cm³/mol. The summed E-state index contributed by atoms with van der Waals surface area (Å²) in [7, 11) is 4.00. The highest BCUT2D eigenvalue weighted by Gasteiger charge is 2.04. The van der Waals surface area contributed by atoms with Gasteiger partial charge in [0.15, 0.2) is 0 Å². The molecule has 0 aliphatic heterocycles. The lowest BCUT2D eigenvalue weighted by Gasteiger charge is -2.00. The van der Waals surface area contributed by atoms with Crippen LogP contribution in [0.2, 0.25) is 0 Å². The minimum atomic E-state index is 1.04. The molecule has 0 unspecified atom stereocenters. The standard InChI is InChI=1S/C11H21N3/c1-4-11-10(9-14(3)13-11)7-5-6-8-12-2/h9,12H,4-8H2,1-3H3. The number of aromatic nitrogens is 2. The summed E-state index contributed by atoms with van der Waals surface area (Å²) in [5, 5.41) is 7.60. The molecule has 14 heavy (non-hydrogen) atoms. The molecular formula is C11H21N3. The maximum absolute atomic E-state index is 4.43. The first-order chi connectivity index (χ1) is 6.77. The Hall–Kier alpha value is -0.830. The van der Waals surface area contributed by atoms with E-state index in [1.165, 1.54) is 30.5 Å². The second-order valence-corrected chi connectivity index (χ2v) is 3.69. The van der Waals surface area contributed by atoms with Crippen molar-refractivity contribution >= 4 is 0 Å². The Morgan fingerprint density at radius 3 is 2.86 bits per heavy atom. The van der Waals surface area contributed by atoms with Crippen molar-refractivity contribution in [2.75, 3.05) is 13.6 Å². The lowest BCUT2D eigenvalue weighted by Crippen LogP contribution is -2.07. The molecular weight excluding hydrogens is 174 g/mol. The van der Waals surface area contributed by atoms with Crippen molar-refractivity contribution in [2.45, 2.75) is 32.6 Å². The van der Waals surface area contributed by atoms with Crippen molar-refractivity contribution in [3.8, 4) is 0 Å². The zero-order valence-corrected chi connectivity index (χ0v) is 9.51. The van der Waals surface area contributed by atoms with Crippen LogP contribution in [0.5, 0.6) is 0 Å². The summed E-state index contributed by atoms with van der Waals surface area (Å²) in [6, 6.07) is 0. The topological polar surface area (TPSA) is 29.9 Å². The number of hydrogen-bond acceptors (Lipinski definition) is 2. The van der Waals surface area contributed by atoms with Gasteiger partial charge in [0.25, 0.3) is 0 Å². The first-order valence-electron chi connectivity index (χ1n) is 5.44. The monoisotopic (exact) mass is 195 g/mol. The highest BCUT2D eigenvalue weighted by molar-refractivity contribution is 5.16. The Kier molecular flexibility index (Phi) is 4.66. The van der Waals surface area contributed by atoms with Gasteiger partial charge >= 0.3 is 0 Å². The van der Waals surface area contributed by atoms with Crippen LogP contribution in [0, 0.1) is 0 Å². The largest absolute Gasteiger partial charge is 0.320 e. The smallest absolute Gasteiger partial charge is 0.0653 e. The molecule has 0 spiro atoms. The fourth-order valence-electron chi connectivity index (χ4n) is 1.71. The Balaban J connectivity index is 2.41. The van der Waals surface area contributed by atoms with Gasteiger partial charge in [-0.15, -0.1) is 0 Å². The third-order valence-electron chi connectivity index (χ3n) is 2.45.